The van der Waals surface area contributed by atoms with Gasteiger partial charge in [0.05, 0.1) is 4.47 Å². The lowest BCUT2D eigenvalue weighted by Gasteiger charge is -2.04. The third-order valence-corrected chi connectivity index (χ3v) is 3.17. The maximum absolute atomic E-state index is 12.8. The molecule has 0 aliphatic heterocycles. The van der Waals surface area contributed by atoms with Crippen molar-refractivity contribution >= 4 is 31.9 Å². The third-order valence-electron chi connectivity index (χ3n) is 1.60. The van der Waals surface area contributed by atoms with Crippen LogP contribution in [0.2, 0.25) is 0 Å². The number of benzene rings is 1. The van der Waals surface area contributed by atoms with Crippen LogP contribution in [0, 0.1) is 12.7 Å². The summed E-state index contributed by atoms with van der Waals surface area (Å²) in [4.78, 5) is 0. The van der Waals surface area contributed by atoms with Crippen molar-refractivity contribution in [2.75, 3.05) is 0 Å². The quantitative estimate of drug-likeness (QED) is 0.687. The Morgan fingerprint density at radius 2 is 2.09 bits per heavy atom. The average Bonchev–Trinajstić information content (AvgIpc) is 2.01. The van der Waals surface area contributed by atoms with Crippen LogP contribution >= 0.6 is 31.9 Å². The summed E-state index contributed by atoms with van der Waals surface area (Å²) in [6, 6.07) is 3.25. The molecule has 0 heterocycles. The van der Waals surface area contributed by atoms with Crippen molar-refractivity contribution in [1.82, 2.24) is 0 Å². The van der Waals surface area contributed by atoms with Gasteiger partial charge in [-0.25, -0.2) is 4.39 Å². The molecule has 0 saturated heterocycles. The second kappa shape index (κ2) is 3.68. The standard InChI is InChI=1S/C8H7Br2F/c1-5-6(4-9)2-3-7(11)8(5)10/h2-3H,4H2,1H3. The van der Waals surface area contributed by atoms with Crippen molar-refractivity contribution < 1.29 is 4.39 Å². The first-order chi connectivity index (χ1) is 5.16. The molecule has 0 bridgehead atoms. The molecule has 0 aliphatic carbocycles. The summed E-state index contributed by atoms with van der Waals surface area (Å²) < 4.78 is 13.4. The van der Waals surface area contributed by atoms with Gasteiger partial charge in [0.1, 0.15) is 5.82 Å². The van der Waals surface area contributed by atoms with E-state index >= 15 is 0 Å². The summed E-state index contributed by atoms with van der Waals surface area (Å²) in [5.74, 6) is -0.202. The topological polar surface area (TPSA) is 0 Å². The molecule has 0 radical (unpaired) electrons. The predicted octanol–water partition coefficient (Wildman–Crippen LogP) is 3.79. The highest BCUT2D eigenvalue weighted by Crippen LogP contribution is 2.24. The summed E-state index contributed by atoms with van der Waals surface area (Å²) in [6.45, 7) is 1.89. The minimum absolute atomic E-state index is 0.202. The molecule has 0 N–H and O–H groups in total. The van der Waals surface area contributed by atoms with E-state index in [2.05, 4.69) is 31.9 Å². The number of hydrogen-bond acceptors (Lipinski definition) is 0. The Balaban J connectivity index is 3.25. The predicted molar refractivity (Wildman–Crippen MR) is 51.5 cm³/mol. The van der Waals surface area contributed by atoms with Crippen LogP contribution in [0.4, 0.5) is 4.39 Å². The highest BCUT2D eigenvalue weighted by molar-refractivity contribution is 9.10. The van der Waals surface area contributed by atoms with Crippen molar-refractivity contribution in [2.45, 2.75) is 12.3 Å². The number of alkyl halides is 1. The van der Waals surface area contributed by atoms with E-state index in [1.54, 1.807) is 6.07 Å². The van der Waals surface area contributed by atoms with Crippen LogP contribution in [0.5, 0.6) is 0 Å². The lowest BCUT2D eigenvalue weighted by molar-refractivity contribution is 0.619. The van der Waals surface area contributed by atoms with E-state index in [0.717, 1.165) is 16.5 Å². The van der Waals surface area contributed by atoms with Gasteiger partial charge in [0.15, 0.2) is 0 Å². The Kier molecular flexibility index (Phi) is 3.07. The Hall–Kier alpha value is 0.110. The fourth-order valence-corrected chi connectivity index (χ4v) is 1.83. The summed E-state index contributed by atoms with van der Waals surface area (Å²) in [6.07, 6.45) is 0. The van der Waals surface area contributed by atoms with Crippen LogP contribution in [0.15, 0.2) is 16.6 Å². The molecule has 60 valence electrons. The van der Waals surface area contributed by atoms with Gasteiger partial charge in [0.25, 0.3) is 0 Å². The largest absolute Gasteiger partial charge is 0.206 e. The molecule has 0 nitrogen and oxygen atoms in total. The van der Waals surface area contributed by atoms with E-state index in [4.69, 9.17) is 0 Å². The normalized spacial score (nSPS) is 10.2. The fourth-order valence-electron chi connectivity index (χ4n) is 0.837. The highest BCUT2D eigenvalue weighted by Gasteiger charge is 2.05. The summed E-state index contributed by atoms with van der Waals surface area (Å²) in [5.41, 5.74) is 2.07. The zero-order chi connectivity index (χ0) is 8.43. The minimum Gasteiger partial charge on any atom is -0.206 e. The van der Waals surface area contributed by atoms with Gasteiger partial charge in [-0.2, -0.15) is 0 Å². The molecular formula is C8H7Br2F. The van der Waals surface area contributed by atoms with Gasteiger partial charge in [-0.15, -0.1) is 0 Å². The molecule has 0 spiro atoms. The Morgan fingerprint density at radius 1 is 1.45 bits per heavy atom. The molecule has 0 unspecified atom stereocenters. The van der Waals surface area contributed by atoms with Crippen LogP contribution < -0.4 is 0 Å². The van der Waals surface area contributed by atoms with Crippen LogP contribution in [0.3, 0.4) is 0 Å². The molecular weight excluding hydrogens is 275 g/mol. The molecule has 1 rings (SSSR count). The Labute approximate surface area is 82.1 Å². The monoisotopic (exact) mass is 280 g/mol. The molecule has 0 aliphatic rings. The molecule has 1 aromatic rings. The van der Waals surface area contributed by atoms with Crippen LogP contribution in [0.25, 0.3) is 0 Å². The van der Waals surface area contributed by atoms with Gasteiger partial charge in [-0.05, 0) is 40.0 Å². The van der Waals surface area contributed by atoms with E-state index in [9.17, 15) is 4.39 Å². The zero-order valence-corrected chi connectivity index (χ0v) is 9.17. The number of halogens is 3. The van der Waals surface area contributed by atoms with Gasteiger partial charge in [0, 0.05) is 5.33 Å². The lowest BCUT2D eigenvalue weighted by atomic mass is 10.1. The van der Waals surface area contributed by atoms with Gasteiger partial charge in [-0.3, -0.25) is 0 Å². The van der Waals surface area contributed by atoms with Crippen molar-refractivity contribution in [3.05, 3.63) is 33.5 Å². The first-order valence-electron chi connectivity index (χ1n) is 3.16. The van der Waals surface area contributed by atoms with Crippen LogP contribution in [0.1, 0.15) is 11.1 Å². The lowest BCUT2D eigenvalue weighted by Crippen LogP contribution is -1.88. The fraction of sp³-hybridized carbons (Fsp3) is 0.250. The Morgan fingerprint density at radius 3 is 2.64 bits per heavy atom. The van der Waals surface area contributed by atoms with Gasteiger partial charge in [0.2, 0.25) is 0 Å². The zero-order valence-electron chi connectivity index (χ0n) is 6.00. The second-order valence-corrected chi connectivity index (χ2v) is 3.63. The molecule has 3 heteroatoms. The van der Waals surface area contributed by atoms with E-state index in [1.807, 2.05) is 6.92 Å². The smallest absolute Gasteiger partial charge is 0.137 e. The Bertz CT molecular complexity index is 271. The number of hydrogen-bond donors (Lipinski definition) is 0. The van der Waals surface area contributed by atoms with Crippen LogP contribution in [-0.4, -0.2) is 0 Å². The van der Waals surface area contributed by atoms with Gasteiger partial charge >= 0.3 is 0 Å². The molecule has 0 amide bonds. The summed E-state index contributed by atoms with van der Waals surface area (Å²) in [5, 5.41) is 0.762. The summed E-state index contributed by atoms with van der Waals surface area (Å²) in [7, 11) is 0. The van der Waals surface area contributed by atoms with Gasteiger partial charge < -0.3 is 0 Å². The third kappa shape index (κ3) is 1.82. The molecule has 0 saturated carbocycles. The van der Waals surface area contributed by atoms with E-state index < -0.39 is 0 Å². The number of rotatable bonds is 1. The van der Waals surface area contributed by atoms with E-state index in [1.165, 1.54) is 6.07 Å². The first kappa shape index (κ1) is 9.20. The van der Waals surface area contributed by atoms with Crippen molar-refractivity contribution in [1.29, 1.82) is 0 Å². The molecule has 0 fully saturated rings. The van der Waals surface area contributed by atoms with Crippen molar-refractivity contribution in [2.24, 2.45) is 0 Å². The first-order valence-corrected chi connectivity index (χ1v) is 5.07. The highest BCUT2D eigenvalue weighted by atomic mass is 79.9. The van der Waals surface area contributed by atoms with E-state index in [0.29, 0.717) is 4.47 Å². The minimum atomic E-state index is -0.202. The molecule has 1 aromatic carbocycles. The SMILES string of the molecule is Cc1c(CBr)ccc(F)c1Br. The maximum Gasteiger partial charge on any atom is 0.137 e. The molecule has 0 aromatic heterocycles. The van der Waals surface area contributed by atoms with Gasteiger partial charge in [-0.1, -0.05) is 22.0 Å². The average molecular weight is 282 g/mol. The van der Waals surface area contributed by atoms with Crippen molar-refractivity contribution in [3.8, 4) is 0 Å². The summed E-state index contributed by atoms with van der Waals surface area (Å²) >= 11 is 6.50. The van der Waals surface area contributed by atoms with Crippen molar-refractivity contribution in [3.63, 3.8) is 0 Å². The molecule has 0 atom stereocenters. The van der Waals surface area contributed by atoms with Crippen LogP contribution in [-0.2, 0) is 5.33 Å². The van der Waals surface area contributed by atoms with E-state index in [-0.39, 0.29) is 5.82 Å². The second-order valence-electron chi connectivity index (χ2n) is 2.28. The maximum atomic E-state index is 12.8. The molecule has 11 heavy (non-hydrogen) atoms.